The molecule has 0 fully saturated rings. The first-order valence-electron chi connectivity index (χ1n) is 9.13. The molecular formula is C22H27NO3. The van der Waals surface area contributed by atoms with Gasteiger partial charge in [-0.15, -0.1) is 0 Å². The van der Waals surface area contributed by atoms with Gasteiger partial charge in [-0.3, -0.25) is 9.59 Å². The topological polar surface area (TPSA) is 55.4 Å². The first-order chi connectivity index (χ1) is 12.5. The van der Waals surface area contributed by atoms with E-state index >= 15 is 0 Å². The third-order valence-corrected chi connectivity index (χ3v) is 4.46. The van der Waals surface area contributed by atoms with Gasteiger partial charge in [0, 0.05) is 17.7 Å². The lowest BCUT2D eigenvalue weighted by Gasteiger charge is -2.15. The van der Waals surface area contributed by atoms with E-state index in [2.05, 4.69) is 25.2 Å². The summed E-state index contributed by atoms with van der Waals surface area (Å²) < 4.78 is 5.63. The lowest BCUT2D eigenvalue weighted by Crippen LogP contribution is -2.14. The fourth-order valence-electron chi connectivity index (χ4n) is 2.68. The molecule has 2 aromatic carbocycles. The van der Waals surface area contributed by atoms with Gasteiger partial charge in [-0.2, -0.15) is 0 Å². The minimum absolute atomic E-state index is 0.00344. The molecule has 2 aromatic rings. The molecule has 0 aliphatic carbocycles. The average Bonchev–Trinajstić information content (AvgIpc) is 2.65. The summed E-state index contributed by atoms with van der Waals surface area (Å²) in [7, 11) is 0. The third-order valence-electron chi connectivity index (χ3n) is 4.46. The van der Waals surface area contributed by atoms with E-state index in [1.165, 1.54) is 12.5 Å². The van der Waals surface area contributed by atoms with Crippen LogP contribution in [0.25, 0.3) is 0 Å². The number of anilines is 1. The number of Topliss-reactive ketones (excluding diaryl/α,β-unsaturated/α-hetero) is 1. The van der Waals surface area contributed by atoms with Crippen LogP contribution in [-0.2, 0) is 4.79 Å². The summed E-state index contributed by atoms with van der Waals surface area (Å²) in [5.41, 5.74) is 2.73. The van der Waals surface area contributed by atoms with E-state index < -0.39 is 0 Å². The van der Waals surface area contributed by atoms with Gasteiger partial charge in [0.25, 0.3) is 0 Å². The maximum absolute atomic E-state index is 12.2. The van der Waals surface area contributed by atoms with Gasteiger partial charge in [-0.25, -0.2) is 0 Å². The molecule has 0 spiro atoms. The Bertz CT molecular complexity index is 737. The van der Waals surface area contributed by atoms with Crippen LogP contribution in [0.5, 0.6) is 5.75 Å². The van der Waals surface area contributed by atoms with Gasteiger partial charge in [0.15, 0.2) is 5.78 Å². The summed E-state index contributed by atoms with van der Waals surface area (Å²) in [6, 6.07) is 15.0. The molecule has 0 saturated carbocycles. The Kier molecular flexibility index (Phi) is 7.39. The molecule has 0 bridgehead atoms. The predicted molar refractivity (Wildman–Crippen MR) is 105 cm³/mol. The molecule has 0 saturated heterocycles. The van der Waals surface area contributed by atoms with Crippen LogP contribution in [0.15, 0.2) is 48.5 Å². The van der Waals surface area contributed by atoms with Crippen molar-refractivity contribution in [3.8, 4) is 5.75 Å². The van der Waals surface area contributed by atoms with Crippen molar-refractivity contribution >= 4 is 17.4 Å². The SMILES string of the molecule is CC[C@@H](C)c1ccccc1NC(=O)CCCOc1ccc(C(C)=O)cc1. The maximum Gasteiger partial charge on any atom is 0.224 e. The van der Waals surface area contributed by atoms with Crippen molar-refractivity contribution < 1.29 is 14.3 Å². The number of para-hydroxylation sites is 1. The van der Waals surface area contributed by atoms with Crippen molar-refractivity contribution in [3.63, 3.8) is 0 Å². The van der Waals surface area contributed by atoms with Gasteiger partial charge in [0.1, 0.15) is 5.75 Å². The van der Waals surface area contributed by atoms with Gasteiger partial charge in [0.05, 0.1) is 6.61 Å². The molecule has 0 unspecified atom stereocenters. The van der Waals surface area contributed by atoms with Crippen LogP contribution in [0.1, 0.15) is 61.9 Å². The van der Waals surface area contributed by atoms with Crippen LogP contribution >= 0.6 is 0 Å². The zero-order valence-corrected chi connectivity index (χ0v) is 15.7. The molecule has 2 rings (SSSR count). The molecule has 0 aliphatic heterocycles. The molecule has 4 nitrogen and oxygen atoms in total. The monoisotopic (exact) mass is 353 g/mol. The zero-order valence-electron chi connectivity index (χ0n) is 15.7. The Morgan fingerprint density at radius 1 is 1.08 bits per heavy atom. The molecule has 0 aromatic heterocycles. The van der Waals surface area contributed by atoms with E-state index in [4.69, 9.17) is 4.74 Å². The van der Waals surface area contributed by atoms with Crippen LogP contribution in [0.2, 0.25) is 0 Å². The molecule has 1 atom stereocenters. The van der Waals surface area contributed by atoms with E-state index in [0.29, 0.717) is 36.7 Å². The quantitative estimate of drug-likeness (QED) is 0.498. The van der Waals surface area contributed by atoms with Crippen LogP contribution in [0, 0.1) is 0 Å². The molecule has 0 radical (unpaired) electrons. The van der Waals surface area contributed by atoms with Crippen LogP contribution in [0.4, 0.5) is 5.69 Å². The summed E-state index contributed by atoms with van der Waals surface area (Å²) in [5.74, 6) is 1.15. The summed E-state index contributed by atoms with van der Waals surface area (Å²) in [6.07, 6.45) is 2.06. The molecule has 138 valence electrons. The van der Waals surface area contributed by atoms with Crippen molar-refractivity contribution in [2.24, 2.45) is 0 Å². The van der Waals surface area contributed by atoms with Gasteiger partial charge in [0.2, 0.25) is 5.91 Å². The number of carbonyl (C=O) groups is 2. The zero-order chi connectivity index (χ0) is 18.9. The highest BCUT2D eigenvalue weighted by molar-refractivity contribution is 5.94. The minimum atomic E-state index is -0.00344. The van der Waals surface area contributed by atoms with Gasteiger partial charge in [-0.05, 0) is 61.6 Å². The van der Waals surface area contributed by atoms with Crippen LogP contribution in [-0.4, -0.2) is 18.3 Å². The molecular weight excluding hydrogens is 326 g/mol. The lowest BCUT2D eigenvalue weighted by atomic mass is 9.97. The number of rotatable bonds is 9. The smallest absolute Gasteiger partial charge is 0.224 e. The molecule has 1 N–H and O–H groups in total. The summed E-state index contributed by atoms with van der Waals surface area (Å²) in [5, 5.41) is 3.01. The largest absolute Gasteiger partial charge is 0.494 e. The van der Waals surface area contributed by atoms with Crippen LogP contribution in [0.3, 0.4) is 0 Å². The van der Waals surface area contributed by atoms with Crippen LogP contribution < -0.4 is 10.1 Å². The minimum Gasteiger partial charge on any atom is -0.494 e. The molecule has 26 heavy (non-hydrogen) atoms. The van der Waals surface area contributed by atoms with Crippen molar-refractivity contribution in [1.82, 2.24) is 0 Å². The maximum atomic E-state index is 12.2. The first-order valence-corrected chi connectivity index (χ1v) is 9.13. The van der Waals surface area contributed by atoms with Crippen molar-refractivity contribution in [2.75, 3.05) is 11.9 Å². The summed E-state index contributed by atoms with van der Waals surface area (Å²) in [4.78, 5) is 23.4. The Labute approximate surface area is 155 Å². The van der Waals surface area contributed by atoms with E-state index in [9.17, 15) is 9.59 Å². The number of ether oxygens (including phenoxy) is 1. The number of hydrogen-bond donors (Lipinski definition) is 1. The highest BCUT2D eigenvalue weighted by Crippen LogP contribution is 2.26. The molecule has 0 heterocycles. The number of nitrogens with one attached hydrogen (secondary N) is 1. The van der Waals surface area contributed by atoms with Gasteiger partial charge < -0.3 is 10.1 Å². The first kappa shape index (κ1) is 19.7. The van der Waals surface area contributed by atoms with Crippen molar-refractivity contribution in [1.29, 1.82) is 0 Å². The molecule has 1 amide bonds. The lowest BCUT2D eigenvalue weighted by molar-refractivity contribution is -0.116. The van der Waals surface area contributed by atoms with E-state index in [-0.39, 0.29) is 11.7 Å². The Hall–Kier alpha value is -2.62. The number of benzene rings is 2. The Morgan fingerprint density at radius 3 is 2.42 bits per heavy atom. The number of amides is 1. The highest BCUT2D eigenvalue weighted by Gasteiger charge is 2.11. The van der Waals surface area contributed by atoms with Gasteiger partial charge >= 0.3 is 0 Å². The second kappa shape index (κ2) is 9.76. The second-order valence-electron chi connectivity index (χ2n) is 6.48. The van der Waals surface area contributed by atoms with E-state index in [1.807, 2.05) is 18.2 Å². The average molecular weight is 353 g/mol. The standard InChI is InChI=1S/C22H27NO3/c1-4-16(2)20-8-5-6-9-21(20)23-22(25)10-7-15-26-19-13-11-18(12-14-19)17(3)24/h5-6,8-9,11-14,16H,4,7,10,15H2,1-3H3,(H,23,25)/t16-/m1/s1. The fraction of sp³-hybridized carbons (Fsp3) is 0.364. The molecule has 4 heteroatoms. The number of carbonyl (C=O) groups excluding carboxylic acids is 2. The highest BCUT2D eigenvalue weighted by atomic mass is 16.5. The normalized spacial score (nSPS) is 11.7. The molecule has 0 aliphatic rings. The summed E-state index contributed by atoms with van der Waals surface area (Å²) >= 11 is 0. The Morgan fingerprint density at radius 2 is 1.77 bits per heavy atom. The third kappa shape index (κ3) is 5.73. The van der Waals surface area contributed by atoms with Gasteiger partial charge in [-0.1, -0.05) is 32.0 Å². The predicted octanol–water partition coefficient (Wildman–Crippen LogP) is 5.20. The Balaban J connectivity index is 1.78. The fourth-order valence-corrected chi connectivity index (χ4v) is 2.68. The number of hydrogen-bond acceptors (Lipinski definition) is 3. The summed E-state index contributed by atoms with van der Waals surface area (Å²) in [6.45, 7) is 6.30. The number of ketones is 1. The van der Waals surface area contributed by atoms with Crippen molar-refractivity contribution in [2.45, 2.75) is 46.0 Å². The van der Waals surface area contributed by atoms with Crippen molar-refractivity contribution in [3.05, 3.63) is 59.7 Å². The van der Waals surface area contributed by atoms with E-state index in [0.717, 1.165) is 12.1 Å². The second-order valence-corrected chi connectivity index (χ2v) is 6.48. The van der Waals surface area contributed by atoms with E-state index in [1.54, 1.807) is 24.3 Å².